The minimum Gasteiger partial charge on any atom is -0.496 e. The molecule has 0 fully saturated rings. The lowest BCUT2D eigenvalue weighted by atomic mass is 10.1. The molecule has 0 saturated heterocycles. The van der Waals surface area contributed by atoms with Gasteiger partial charge in [-0.3, -0.25) is 4.90 Å². The predicted molar refractivity (Wildman–Crippen MR) is 82.0 cm³/mol. The van der Waals surface area contributed by atoms with Crippen molar-refractivity contribution in [1.82, 2.24) is 4.90 Å². The molecule has 0 spiro atoms. The van der Waals surface area contributed by atoms with Gasteiger partial charge in [0.1, 0.15) is 5.75 Å². The lowest BCUT2D eigenvalue weighted by molar-refractivity contribution is 0.232. The second kappa shape index (κ2) is 5.68. The number of para-hydroxylation sites is 1. The molecule has 0 aliphatic heterocycles. The molecule has 0 aromatic heterocycles. The smallest absolute Gasteiger partial charge is 0.123 e. The van der Waals surface area contributed by atoms with Gasteiger partial charge in [0.25, 0.3) is 0 Å². The van der Waals surface area contributed by atoms with Crippen LogP contribution in [0.25, 0.3) is 0 Å². The van der Waals surface area contributed by atoms with Crippen LogP contribution in [0.1, 0.15) is 29.2 Å². The number of rotatable bonds is 4. The van der Waals surface area contributed by atoms with Crippen LogP contribution in [0.5, 0.6) is 5.75 Å². The lowest BCUT2D eigenvalue weighted by Gasteiger charge is -2.26. The second-order valence-corrected chi connectivity index (χ2v) is 5.48. The fraction of sp³-hybridized carbons (Fsp3) is 0.333. The summed E-state index contributed by atoms with van der Waals surface area (Å²) in [5.41, 5.74) is 4.25. The molecular formula is C18H21NO. The molecule has 2 aromatic rings. The van der Waals surface area contributed by atoms with Gasteiger partial charge in [-0.05, 0) is 37.1 Å². The largest absolute Gasteiger partial charge is 0.496 e. The Kier molecular flexibility index (Phi) is 3.75. The third-order valence-electron chi connectivity index (χ3n) is 4.25. The summed E-state index contributed by atoms with van der Waals surface area (Å²) in [6.07, 6.45) is 2.40. The molecule has 20 heavy (non-hydrogen) atoms. The molecule has 0 saturated carbocycles. The molecule has 1 aliphatic carbocycles. The van der Waals surface area contributed by atoms with Gasteiger partial charge in [-0.1, -0.05) is 42.5 Å². The lowest BCUT2D eigenvalue weighted by Crippen LogP contribution is -2.22. The van der Waals surface area contributed by atoms with Crippen molar-refractivity contribution in [3.8, 4) is 5.75 Å². The number of fused-ring (bicyclic) bond motifs is 1. The summed E-state index contributed by atoms with van der Waals surface area (Å²) in [5.74, 6) is 0.977. The van der Waals surface area contributed by atoms with Crippen LogP contribution >= 0.6 is 0 Å². The van der Waals surface area contributed by atoms with Crippen molar-refractivity contribution in [2.45, 2.75) is 25.4 Å². The Morgan fingerprint density at radius 2 is 1.85 bits per heavy atom. The number of ether oxygens (including phenoxy) is 1. The Morgan fingerprint density at radius 3 is 2.70 bits per heavy atom. The fourth-order valence-electron chi connectivity index (χ4n) is 3.20. The maximum Gasteiger partial charge on any atom is 0.123 e. The Hall–Kier alpha value is -1.80. The fourth-order valence-corrected chi connectivity index (χ4v) is 3.20. The number of hydrogen-bond donors (Lipinski definition) is 0. The zero-order valence-corrected chi connectivity index (χ0v) is 12.2. The molecule has 1 aliphatic rings. The van der Waals surface area contributed by atoms with E-state index in [2.05, 4.69) is 48.3 Å². The Bertz CT molecular complexity index is 593. The first-order valence-corrected chi connectivity index (χ1v) is 7.19. The molecule has 1 atom stereocenters. The molecule has 0 bridgehead atoms. The van der Waals surface area contributed by atoms with E-state index in [0.717, 1.165) is 12.3 Å². The summed E-state index contributed by atoms with van der Waals surface area (Å²) in [7, 11) is 3.95. The molecule has 2 nitrogen and oxygen atoms in total. The van der Waals surface area contributed by atoms with Gasteiger partial charge in [0.15, 0.2) is 0 Å². The highest BCUT2D eigenvalue weighted by atomic mass is 16.5. The van der Waals surface area contributed by atoms with Gasteiger partial charge in [0, 0.05) is 18.2 Å². The van der Waals surface area contributed by atoms with Crippen LogP contribution in [-0.2, 0) is 13.0 Å². The average Bonchev–Trinajstić information content (AvgIpc) is 2.92. The van der Waals surface area contributed by atoms with Crippen LogP contribution in [0.3, 0.4) is 0 Å². The molecule has 0 radical (unpaired) electrons. The minimum absolute atomic E-state index is 0.524. The minimum atomic E-state index is 0.524. The highest BCUT2D eigenvalue weighted by Gasteiger charge is 2.25. The highest BCUT2D eigenvalue weighted by molar-refractivity contribution is 5.36. The van der Waals surface area contributed by atoms with Crippen LogP contribution in [0.2, 0.25) is 0 Å². The van der Waals surface area contributed by atoms with E-state index < -0.39 is 0 Å². The number of aryl methyl sites for hydroxylation is 1. The van der Waals surface area contributed by atoms with Crippen LogP contribution < -0.4 is 4.74 Å². The first-order chi connectivity index (χ1) is 9.79. The maximum atomic E-state index is 5.45. The summed E-state index contributed by atoms with van der Waals surface area (Å²) in [4.78, 5) is 2.43. The third-order valence-corrected chi connectivity index (χ3v) is 4.25. The molecule has 2 aromatic carbocycles. The first kappa shape index (κ1) is 13.2. The molecule has 0 amide bonds. The van der Waals surface area contributed by atoms with Crippen molar-refractivity contribution in [1.29, 1.82) is 0 Å². The Labute approximate surface area is 121 Å². The summed E-state index contributed by atoms with van der Waals surface area (Å²) in [6.45, 7) is 0.920. The van der Waals surface area contributed by atoms with Crippen molar-refractivity contribution in [3.05, 3.63) is 65.2 Å². The Balaban J connectivity index is 1.79. The van der Waals surface area contributed by atoms with E-state index in [0.29, 0.717) is 6.04 Å². The van der Waals surface area contributed by atoms with Crippen LogP contribution in [0, 0.1) is 0 Å². The standard InChI is InChI=1S/C18H21NO/c1-19(13-15-8-4-6-10-18(15)20-2)17-12-11-14-7-3-5-9-16(14)17/h3-10,17H,11-13H2,1-2H3. The van der Waals surface area contributed by atoms with Crippen LogP contribution in [0.15, 0.2) is 48.5 Å². The summed E-state index contributed by atoms with van der Waals surface area (Å²) in [6, 6.07) is 17.6. The zero-order valence-electron chi connectivity index (χ0n) is 12.2. The van der Waals surface area contributed by atoms with E-state index in [1.54, 1.807) is 7.11 Å². The number of hydrogen-bond acceptors (Lipinski definition) is 2. The average molecular weight is 267 g/mol. The molecule has 1 unspecified atom stereocenters. The zero-order chi connectivity index (χ0) is 13.9. The van der Waals surface area contributed by atoms with Gasteiger partial charge in [0.2, 0.25) is 0 Å². The van der Waals surface area contributed by atoms with Crippen molar-refractivity contribution < 1.29 is 4.74 Å². The van der Waals surface area contributed by atoms with Crippen molar-refractivity contribution in [2.24, 2.45) is 0 Å². The summed E-state index contributed by atoms with van der Waals surface area (Å²) < 4.78 is 5.45. The van der Waals surface area contributed by atoms with Crippen LogP contribution in [0.4, 0.5) is 0 Å². The third kappa shape index (κ3) is 2.44. The molecule has 2 heteroatoms. The number of benzene rings is 2. The predicted octanol–water partition coefficient (Wildman–Crippen LogP) is 3.81. The van der Waals surface area contributed by atoms with Gasteiger partial charge >= 0.3 is 0 Å². The molecular weight excluding hydrogens is 246 g/mol. The quantitative estimate of drug-likeness (QED) is 0.835. The van der Waals surface area contributed by atoms with Crippen molar-refractivity contribution in [2.75, 3.05) is 14.2 Å². The number of nitrogens with zero attached hydrogens (tertiary/aromatic N) is 1. The van der Waals surface area contributed by atoms with Crippen LogP contribution in [-0.4, -0.2) is 19.1 Å². The van der Waals surface area contributed by atoms with Gasteiger partial charge in [0.05, 0.1) is 7.11 Å². The molecule has 104 valence electrons. The van der Waals surface area contributed by atoms with Gasteiger partial charge < -0.3 is 4.74 Å². The molecule has 3 rings (SSSR count). The highest BCUT2D eigenvalue weighted by Crippen LogP contribution is 2.36. The maximum absolute atomic E-state index is 5.45. The normalized spacial score (nSPS) is 17.2. The SMILES string of the molecule is COc1ccccc1CN(C)C1CCc2ccccc21. The molecule has 0 N–H and O–H groups in total. The summed E-state index contributed by atoms with van der Waals surface area (Å²) >= 11 is 0. The number of methoxy groups -OCH3 is 1. The van der Waals surface area contributed by atoms with Crippen molar-refractivity contribution >= 4 is 0 Å². The van der Waals surface area contributed by atoms with E-state index in [-0.39, 0.29) is 0 Å². The Morgan fingerprint density at radius 1 is 1.10 bits per heavy atom. The monoisotopic (exact) mass is 267 g/mol. The van der Waals surface area contributed by atoms with Gasteiger partial charge in [-0.25, -0.2) is 0 Å². The van der Waals surface area contributed by atoms with E-state index in [1.165, 1.54) is 29.5 Å². The molecule has 0 heterocycles. The first-order valence-electron chi connectivity index (χ1n) is 7.19. The van der Waals surface area contributed by atoms with Crippen molar-refractivity contribution in [3.63, 3.8) is 0 Å². The second-order valence-electron chi connectivity index (χ2n) is 5.48. The topological polar surface area (TPSA) is 12.5 Å². The van der Waals surface area contributed by atoms with Gasteiger partial charge in [-0.15, -0.1) is 0 Å². The van der Waals surface area contributed by atoms with Gasteiger partial charge in [-0.2, -0.15) is 0 Å². The van der Waals surface area contributed by atoms with E-state index >= 15 is 0 Å². The van der Waals surface area contributed by atoms with E-state index in [9.17, 15) is 0 Å². The van der Waals surface area contributed by atoms with E-state index in [4.69, 9.17) is 4.74 Å². The van der Waals surface area contributed by atoms with E-state index in [1.807, 2.05) is 12.1 Å². The summed E-state index contributed by atoms with van der Waals surface area (Å²) in [5, 5.41) is 0.